The third kappa shape index (κ3) is 2.44. The van der Waals surface area contributed by atoms with Crippen molar-refractivity contribution in [2.75, 3.05) is 13.7 Å². The lowest BCUT2D eigenvalue weighted by Gasteiger charge is -2.41. The topological polar surface area (TPSA) is 21.3 Å². The Morgan fingerprint density at radius 1 is 1.31 bits per heavy atom. The number of nitrogens with one attached hydrogen (secondary N) is 1. The summed E-state index contributed by atoms with van der Waals surface area (Å²) in [6, 6.07) is 0.489. The maximum absolute atomic E-state index is 5.73. The maximum atomic E-state index is 5.73. The fourth-order valence-electron chi connectivity index (χ4n) is 2.46. The summed E-state index contributed by atoms with van der Waals surface area (Å²) >= 11 is 0. The van der Waals surface area contributed by atoms with Crippen LogP contribution >= 0.6 is 0 Å². The Balaban J connectivity index is 2.55. The number of methoxy groups -OCH3 is 1. The average molecular weight is 185 g/mol. The SMILES string of the molecule is CCNC(C)C1(OC)CCCCC1. The minimum atomic E-state index is 0.119. The zero-order valence-corrected chi connectivity index (χ0v) is 9.23. The van der Waals surface area contributed by atoms with Crippen LogP contribution in [-0.2, 0) is 4.74 Å². The fourth-order valence-corrected chi connectivity index (χ4v) is 2.46. The number of ether oxygens (including phenoxy) is 1. The van der Waals surface area contributed by atoms with Crippen molar-refractivity contribution in [3.05, 3.63) is 0 Å². The first-order valence-electron chi connectivity index (χ1n) is 5.53. The van der Waals surface area contributed by atoms with Crippen LogP contribution in [0.3, 0.4) is 0 Å². The van der Waals surface area contributed by atoms with Crippen molar-refractivity contribution >= 4 is 0 Å². The maximum Gasteiger partial charge on any atom is 0.0828 e. The minimum absolute atomic E-state index is 0.119. The van der Waals surface area contributed by atoms with Gasteiger partial charge in [0.05, 0.1) is 5.60 Å². The highest BCUT2D eigenvalue weighted by Gasteiger charge is 2.36. The predicted molar refractivity (Wildman–Crippen MR) is 56.0 cm³/mol. The van der Waals surface area contributed by atoms with Gasteiger partial charge in [-0.05, 0) is 26.3 Å². The van der Waals surface area contributed by atoms with Gasteiger partial charge < -0.3 is 10.1 Å². The highest BCUT2D eigenvalue weighted by molar-refractivity contribution is 4.92. The molecule has 0 aromatic carbocycles. The molecule has 0 aromatic heterocycles. The predicted octanol–water partition coefficient (Wildman–Crippen LogP) is 2.33. The number of hydrogen-bond acceptors (Lipinski definition) is 2. The first kappa shape index (κ1) is 11.0. The summed E-state index contributed by atoms with van der Waals surface area (Å²) in [4.78, 5) is 0. The molecular formula is C11H23NO. The van der Waals surface area contributed by atoms with Gasteiger partial charge in [-0.3, -0.25) is 0 Å². The van der Waals surface area contributed by atoms with Crippen LogP contribution in [0.1, 0.15) is 46.0 Å². The molecule has 1 N–H and O–H groups in total. The largest absolute Gasteiger partial charge is 0.377 e. The quantitative estimate of drug-likeness (QED) is 0.726. The monoisotopic (exact) mass is 185 g/mol. The highest BCUT2D eigenvalue weighted by atomic mass is 16.5. The van der Waals surface area contributed by atoms with Crippen molar-refractivity contribution in [3.63, 3.8) is 0 Å². The smallest absolute Gasteiger partial charge is 0.0828 e. The van der Waals surface area contributed by atoms with Gasteiger partial charge in [-0.2, -0.15) is 0 Å². The van der Waals surface area contributed by atoms with Crippen molar-refractivity contribution in [1.82, 2.24) is 5.32 Å². The summed E-state index contributed by atoms with van der Waals surface area (Å²) in [6.07, 6.45) is 6.46. The van der Waals surface area contributed by atoms with Gasteiger partial charge >= 0.3 is 0 Å². The standard InChI is InChI=1S/C11H23NO/c1-4-12-10(2)11(13-3)8-6-5-7-9-11/h10,12H,4-9H2,1-3H3. The molecule has 0 spiro atoms. The molecule has 0 bridgehead atoms. The molecule has 1 aliphatic rings. The summed E-state index contributed by atoms with van der Waals surface area (Å²) < 4.78 is 5.73. The molecule has 2 nitrogen and oxygen atoms in total. The summed E-state index contributed by atoms with van der Waals surface area (Å²) in [6.45, 7) is 5.44. The van der Waals surface area contributed by atoms with Crippen molar-refractivity contribution in [2.45, 2.75) is 57.6 Å². The first-order valence-corrected chi connectivity index (χ1v) is 5.53. The molecule has 0 amide bonds. The van der Waals surface area contributed by atoms with Gasteiger partial charge in [-0.1, -0.05) is 26.2 Å². The van der Waals surface area contributed by atoms with Crippen molar-refractivity contribution in [2.24, 2.45) is 0 Å². The molecule has 1 rings (SSSR count). The van der Waals surface area contributed by atoms with Crippen molar-refractivity contribution in [3.8, 4) is 0 Å². The van der Waals surface area contributed by atoms with Gasteiger partial charge in [-0.25, -0.2) is 0 Å². The summed E-state index contributed by atoms with van der Waals surface area (Å²) in [5.74, 6) is 0. The van der Waals surface area contributed by atoms with E-state index >= 15 is 0 Å². The molecule has 2 heteroatoms. The van der Waals surface area contributed by atoms with Crippen LogP contribution in [-0.4, -0.2) is 25.3 Å². The second-order valence-electron chi connectivity index (χ2n) is 4.11. The Morgan fingerprint density at radius 2 is 1.92 bits per heavy atom. The van der Waals surface area contributed by atoms with Gasteiger partial charge in [-0.15, -0.1) is 0 Å². The zero-order valence-electron chi connectivity index (χ0n) is 9.23. The lowest BCUT2D eigenvalue weighted by atomic mass is 9.80. The molecular weight excluding hydrogens is 162 g/mol. The van der Waals surface area contributed by atoms with Gasteiger partial charge in [0, 0.05) is 13.2 Å². The molecule has 1 atom stereocenters. The van der Waals surface area contributed by atoms with Crippen LogP contribution in [0.15, 0.2) is 0 Å². The first-order chi connectivity index (χ1) is 6.25. The summed E-state index contributed by atoms with van der Waals surface area (Å²) in [5.41, 5.74) is 0.119. The van der Waals surface area contributed by atoms with Gasteiger partial charge in [0.25, 0.3) is 0 Å². The second-order valence-corrected chi connectivity index (χ2v) is 4.11. The normalized spacial score (nSPS) is 24.2. The van der Waals surface area contributed by atoms with Crippen LogP contribution in [0.4, 0.5) is 0 Å². The molecule has 1 fully saturated rings. The van der Waals surface area contributed by atoms with Gasteiger partial charge in [0.15, 0.2) is 0 Å². The molecule has 0 aromatic rings. The van der Waals surface area contributed by atoms with E-state index in [1.807, 2.05) is 7.11 Å². The van der Waals surface area contributed by atoms with E-state index in [-0.39, 0.29) is 5.60 Å². The summed E-state index contributed by atoms with van der Waals surface area (Å²) in [5, 5.41) is 3.48. The van der Waals surface area contributed by atoms with Crippen molar-refractivity contribution in [1.29, 1.82) is 0 Å². The highest BCUT2D eigenvalue weighted by Crippen LogP contribution is 2.33. The number of hydrogen-bond donors (Lipinski definition) is 1. The van der Waals surface area contributed by atoms with Crippen LogP contribution in [0.2, 0.25) is 0 Å². The average Bonchev–Trinajstić information content (AvgIpc) is 2.19. The Labute approximate surface area is 82.0 Å². The van der Waals surface area contributed by atoms with E-state index in [0.717, 1.165) is 6.54 Å². The van der Waals surface area contributed by atoms with E-state index in [4.69, 9.17) is 4.74 Å². The Bertz CT molecular complexity index is 141. The van der Waals surface area contributed by atoms with Crippen LogP contribution in [0.25, 0.3) is 0 Å². The third-order valence-electron chi connectivity index (χ3n) is 3.41. The molecule has 1 aliphatic carbocycles. The van der Waals surface area contributed by atoms with Gasteiger partial charge in [0.2, 0.25) is 0 Å². The van der Waals surface area contributed by atoms with E-state index in [9.17, 15) is 0 Å². The number of likely N-dealkylation sites (N-methyl/N-ethyl adjacent to an activating group) is 1. The molecule has 0 heterocycles. The number of rotatable bonds is 4. The Kier molecular flexibility index (Phi) is 4.20. The Morgan fingerprint density at radius 3 is 2.38 bits per heavy atom. The third-order valence-corrected chi connectivity index (χ3v) is 3.41. The molecule has 78 valence electrons. The molecule has 0 aliphatic heterocycles. The molecule has 0 radical (unpaired) electrons. The van der Waals surface area contributed by atoms with E-state index in [2.05, 4.69) is 19.2 Å². The zero-order chi connectivity index (χ0) is 9.73. The second kappa shape index (κ2) is 4.97. The Hall–Kier alpha value is -0.0800. The van der Waals surface area contributed by atoms with Gasteiger partial charge in [0.1, 0.15) is 0 Å². The molecule has 1 unspecified atom stereocenters. The molecule has 1 saturated carbocycles. The summed E-state index contributed by atoms with van der Waals surface area (Å²) in [7, 11) is 1.86. The lowest BCUT2D eigenvalue weighted by Crippen LogP contribution is -2.51. The van der Waals surface area contributed by atoms with Crippen LogP contribution in [0, 0.1) is 0 Å². The van der Waals surface area contributed by atoms with E-state index < -0.39 is 0 Å². The minimum Gasteiger partial charge on any atom is -0.377 e. The van der Waals surface area contributed by atoms with Crippen LogP contribution < -0.4 is 5.32 Å². The fraction of sp³-hybridized carbons (Fsp3) is 1.00. The van der Waals surface area contributed by atoms with Crippen LogP contribution in [0.5, 0.6) is 0 Å². The lowest BCUT2D eigenvalue weighted by molar-refractivity contribution is -0.0626. The molecule has 0 saturated heterocycles. The van der Waals surface area contributed by atoms with Crippen molar-refractivity contribution < 1.29 is 4.74 Å². The molecule has 13 heavy (non-hydrogen) atoms. The van der Waals surface area contributed by atoms with E-state index in [1.54, 1.807) is 0 Å². The van der Waals surface area contributed by atoms with E-state index in [1.165, 1.54) is 32.1 Å². The van der Waals surface area contributed by atoms with E-state index in [0.29, 0.717) is 6.04 Å².